The predicted molar refractivity (Wildman–Crippen MR) is 103 cm³/mol. The molecule has 1 saturated heterocycles. The molecule has 5 atom stereocenters. The lowest BCUT2D eigenvalue weighted by atomic mass is 10.0. The Kier molecular flexibility index (Phi) is 9.37. The van der Waals surface area contributed by atoms with Gasteiger partial charge in [0.05, 0.1) is 12.8 Å². The first-order chi connectivity index (χ1) is 14.3. The zero-order chi connectivity index (χ0) is 23.9. The molecule has 6 N–H and O–H groups in total. The first-order valence-electron chi connectivity index (χ1n) is 9.59. The third-order valence-corrected chi connectivity index (χ3v) is 4.38. The normalized spacial score (nSPS) is 20.8. The molecule has 1 unspecified atom stereocenters. The lowest BCUT2D eigenvalue weighted by Crippen LogP contribution is -2.58. The number of carbonyl (C=O) groups excluding carboxylic acids is 5. The maximum Gasteiger partial charge on any atom is 0.310 e. The van der Waals surface area contributed by atoms with Gasteiger partial charge in [0, 0.05) is 6.92 Å². The Hall–Kier alpha value is -3.22. The van der Waals surface area contributed by atoms with E-state index in [1.807, 2.05) is 0 Å². The van der Waals surface area contributed by atoms with E-state index in [4.69, 9.17) is 5.11 Å². The Morgan fingerprint density at radius 2 is 1.65 bits per heavy atom. The molecular formula is C18H28N4O9. The number of aliphatic carboxylic acids is 1. The maximum atomic E-state index is 12.6. The van der Waals surface area contributed by atoms with Gasteiger partial charge in [-0.2, -0.15) is 0 Å². The topological polar surface area (TPSA) is 200 Å². The number of cyclic esters (lactones) is 1. The quantitative estimate of drug-likeness (QED) is 0.195. The van der Waals surface area contributed by atoms with Crippen molar-refractivity contribution in [2.24, 2.45) is 5.92 Å². The second kappa shape index (κ2) is 11.2. The van der Waals surface area contributed by atoms with E-state index in [-0.39, 0.29) is 6.42 Å². The largest absolute Gasteiger partial charge is 0.481 e. The van der Waals surface area contributed by atoms with Crippen LogP contribution in [-0.2, 0) is 33.5 Å². The average molecular weight is 444 g/mol. The van der Waals surface area contributed by atoms with E-state index >= 15 is 0 Å². The molecule has 13 heteroatoms. The monoisotopic (exact) mass is 444 g/mol. The number of ether oxygens (including phenoxy) is 1. The van der Waals surface area contributed by atoms with E-state index in [0.717, 1.165) is 6.92 Å². The third kappa shape index (κ3) is 8.20. The van der Waals surface area contributed by atoms with Crippen molar-refractivity contribution in [1.29, 1.82) is 0 Å². The minimum absolute atomic E-state index is 0.216. The van der Waals surface area contributed by atoms with Gasteiger partial charge in [-0.15, -0.1) is 0 Å². The highest BCUT2D eigenvalue weighted by Gasteiger charge is 2.36. The first kappa shape index (κ1) is 25.8. The van der Waals surface area contributed by atoms with Crippen molar-refractivity contribution in [2.45, 2.75) is 71.0 Å². The Morgan fingerprint density at radius 3 is 2.10 bits per heavy atom. The molecule has 0 radical (unpaired) electrons. The Balaban J connectivity index is 2.75. The van der Waals surface area contributed by atoms with Crippen LogP contribution in [0, 0.1) is 5.92 Å². The van der Waals surface area contributed by atoms with Crippen LogP contribution in [0.2, 0.25) is 0 Å². The maximum absolute atomic E-state index is 12.6. The standard InChI is InChI=1S/C18H28N4O9/c1-7(2)14(22-16(28)10(5-12(24)25)20-9(4)23)17(29)19-8(3)15(27)21-11-6-13(26)31-18(11)30/h7-8,10-11,14,18,30H,5-6H2,1-4H3,(H,19,29)(H,20,23)(H,21,27)(H,22,28)(H,24,25)/t8-,10-,11-,14-,18?/m0/s1. The van der Waals surface area contributed by atoms with Crippen LogP contribution < -0.4 is 21.3 Å². The molecule has 0 aromatic rings. The number of rotatable bonds is 10. The number of hydrogen-bond donors (Lipinski definition) is 6. The van der Waals surface area contributed by atoms with Crippen molar-refractivity contribution in [3.05, 3.63) is 0 Å². The van der Waals surface area contributed by atoms with Gasteiger partial charge in [-0.05, 0) is 12.8 Å². The summed E-state index contributed by atoms with van der Waals surface area (Å²) in [7, 11) is 0. The molecule has 13 nitrogen and oxygen atoms in total. The fourth-order valence-electron chi connectivity index (χ4n) is 2.76. The van der Waals surface area contributed by atoms with Crippen molar-refractivity contribution < 1.29 is 43.7 Å². The van der Waals surface area contributed by atoms with Gasteiger partial charge in [-0.25, -0.2) is 0 Å². The summed E-state index contributed by atoms with van der Waals surface area (Å²) in [5.74, 6) is -5.33. The van der Waals surface area contributed by atoms with Gasteiger partial charge in [-0.1, -0.05) is 13.8 Å². The van der Waals surface area contributed by atoms with Gasteiger partial charge in [0.2, 0.25) is 29.9 Å². The summed E-state index contributed by atoms with van der Waals surface area (Å²) in [6.07, 6.45) is -2.38. The molecule has 174 valence electrons. The number of aliphatic hydroxyl groups excluding tert-OH is 1. The number of amides is 4. The summed E-state index contributed by atoms with van der Waals surface area (Å²) in [6.45, 7) is 5.73. The number of carboxylic acids is 1. The van der Waals surface area contributed by atoms with E-state index in [2.05, 4.69) is 26.0 Å². The summed E-state index contributed by atoms with van der Waals surface area (Å²) < 4.78 is 4.52. The smallest absolute Gasteiger partial charge is 0.310 e. The minimum atomic E-state index is -1.48. The molecule has 1 aliphatic rings. The second-order valence-electron chi connectivity index (χ2n) is 7.51. The average Bonchev–Trinajstić information content (AvgIpc) is 2.94. The zero-order valence-electron chi connectivity index (χ0n) is 17.6. The molecule has 0 aromatic carbocycles. The van der Waals surface area contributed by atoms with E-state index in [1.165, 1.54) is 6.92 Å². The zero-order valence-corrected chi connectivity index (χ0v) is 17.6. The summed E-state index contributed by atoms with van der Waals surface area (Å²) in [4.78, 5) is 70.6. The molecule has 1 aliphatic heterocycles. The van der Waals surface area contributed by atoms with E-state index < -0.39 is 78.4 Å². The Labute approximate surface area is 178 Å². The van der Waals surface area contributed by atoms with Crippen LogP contribution in [-0.4, -0.2) is 76.2 Å². The van der Waals surface area contributed by atoms with Crippen LogP contribution in [0.5, 0.6) is 0 Å². The number of esters is 1. The number of aliphatic hydroxyl groups is 1. The number of hydrogen-bond acceptors (Lipinski definition) is 8. The summed E-state index contributed by atoms with van der Waals surface area (Å²) in [5.41, 5.74) is 0. The van der Waals surface area contributed by atoms with E-state index in [9.17, 15) is 33.9 Å². The number of carbonyl (C=O) groups is 6. The van der Waals surface area contributed by atoms with Crippen molar-refractivity contribution in [1.82, 2.24) is 21.3 Å². The van der Waals surface area contributed by atoms with Crippen molar-refractivity contribution in [3.8, 4) is 0 Å². The highest BCUT2D eigenvalue weighted by Crippen LogP contribution is 2.12. The molecule has 0 aliphatic carbocycles. The third-order valence-electron chi connectivity index (χ3n) is 4.38. The minimum Gasteiger partial charge on any atom is -0.481 e. The van der Waals surface area contributed by atoms with Gasteiger partial charge < -0.3 is 36.2 Å². The summed E-state index contributed by atoms with van der Waals surface area (Å²) in [6, 6.07) is -4.55. The molecule has 0 saturated carbocycles. The van der Waals surface area contributed by atoms with Crippen LogP contribution in [0.4, 0.5) is 0 Å². The molecule has 1 heterocycles. The second-order valence-corrected chi connectivity index (χ2v) is 7.51. The molecule has 0 aromatic heterocycles. The van der Waals surface area contributed by atoms with Gasteiger partial charge in [0.1, 0.15) is 24.2 Å². The molecule has 0 spiro atoms. The molecule has 31 heavy (non-hydrogen) atoms. The number of carboxylic acid groups (broad SMARTS) is 1. The van der Waals surface area contributed by atoms with Crippen LogP contribution in [0.15, 0.2) is 0 Å². The highest BCUT2D eigenvalue weighted by molar-refractivity contribution is 5.95. The fraction of sp³-hybridized carbons (Fsp3) is 0.667. The van der Waals surface area contributed by atoms with Gasteiger partial charge in [0.25, 0.3) is 0 Å². The van der Waals surface area contributed by atoms with Crippen LogP contribution in [0.1, 0.15) is 40.5 Å². The van der Waals surface area contributed by atoms with Crippen molar-refractivity contribution in [3.63, 3.8) is 0 Å². The molecule has 4 amide bonds. The van der Waals surface area contributed by atoms with Crippen molar-refractivity contribution in [2.75, 3.05) is 0 Å². The predicted octanol–water partition coefficient (Wildman–Crippen LogP) is -2.64. The molecule has 1 fully saturated rings. The fourth-order valence-corrected chi connectivity index (χ4v) is 2.76. The Bertz CT molecular complexity index is 724. The Morgan fingerprint density at radius 1 is 1.03 bits per heavy atom. The van der Waals surface area contributed by atoms with Crippen LogP contribution in [0.3, 0.4) is 0 Å². The summed E-state index contributed by atoms with van der Waals surface area (Å²) >= 11 is 0. The van der Waals surface area contributed by atoms with Gasteiger partial charge in [-0.3, -0.25) is 28.8 Å². The van der Waals surface area contributed by atoms with Gasteiger partial charge in [0.15, 0.2) is 0 Å². The molecular weight excluding hydrogens is 416 g/mol. The lowest BCUT2D eigenvalue weighted by Gasteiger charge is -2.26. The number of nitrogens with one attached hydrogen (secondary N) is 4. The lowest BCUT2D eigenvalue weighted by molar-refractivity contribution is -0.155. The SMILES string of the molecule is CC(=O)N[C@@H](CC(=O)O)C(=O)N[C@H](C(=O)N[C@@H](C)C(=O)N[C@H]1CC(=O)OC1O)C(C)C. The molecule has 1 rings (SSSR count). The van der Waals surface area contributed by atoms with Crippen molar-refractivity contribution >= 4 is 35.6 Å². The highest BCUT2D eigenvalue weighted by atomic mass is 16.6. The van der Waals surface area contributed by atoms with E-state index in [1.54, 1.807) is 13.8 Å². The van der Waals surface area contributed by atoms with Crippen LogP contribution in [0.25, 0.3) is 0 Å². The first-order valence-corrected chi connectivity index (χ1v) is 9.59. The van der Waals surface area contributed by atoms with Crippen LogP contribution >= 0.6 is 0 Å². The van der Waals surface area contributed by atoms with Gasteiger partial charge >= 0.3 is 11.9 Å². The van der Waals surface area contributed by atoms with E-state index in [0.29, 0.717) is 0 Å². The molecule has 0 bridgehead atoms. The summed E-state index contributed by atoms with van der Waals surface area (Å²) in [5, 5.41) is 27.9.